The summed E-state index contributed by atoms with van der Waals surface area (Å²) < 4.78 is 0. The number of unbranched alkanes of at least 4 members (excludes halogenated alkanes) is 1. The molecule has 2 radical (unpaired) electrons. The number of carbonyl (C=O) groups excluding carboxylic acids is 4. The van der Waals surface area contributed by atoms with Gasteiger partial charge in [0.15, 0.2) is 24.1 Å². The Morgan fingerprint density at radius 1 is 0.846 bits per heavy atom. The van der Waals surface area contributed by atoms with Crippen LogP contribution in [0.2, 0.25) is 0 Å². The minimum atomic E-state index is -0.561. The zero-order valence-electron chi connectivity index (χ0n) is 7.17. The molecule has 4 heteroatoms. The van der Waals surface area contributed by atoms with Crippen molar-refractivity contribution in [1.82, 2.24) is 0 Å². The zero-order valence-corrected chi connectivity index (χ0v) is 7.17. The van der Waals surface area contributed by atoms with E-state index in [4.69, 9.17) is 0 Å². The fourth-order valence-corrected chi connectivity index (χ4v) is 0.765. The van der Waals surface area contributed by atoms with Crippen LogP contribution in [-0.4, -0.2) is 24.1 Å². The maximum Gasteiger partial charge on any atom is 0.198 e. The minimum absolute atomic E-state index is 0.0373. The molecule has 0 heterocycles. The van der Waals surface area contributed by atoms with Crippen LogP contribution in [0, 0.1) is 0 Å². The molecule has 0 aromatic heterocycles. The van der Waals surface area contributed by atoms with Crippen molar-refractivity contribution in [3.63, 3.8) is 0 Å². The Hall–Kier alpha value is -1.32. The predicted octanol–water partition coefficient (Wildman–Crippen LogP) is 0.294. The number of carbonyl (C=O) groups is 2. The fraction of sp³-hybridized carbons (Fsp3) is 0.556. The second kappa shape index (κ2) is 7.34. The molecule has 0 atom stereocenters. The Bertz CT molecular complexity index is 208. The highest BCUT2D eigenvalue weighted by Gasteiger charge is 2.12. The Balaban J connectivity index is 3.62. The average Bonchev–Trinajstić information content (AvgIpc) is 2.14. The van der Waals surface area contributed by atoms with Gasteiger partial charge < -0.3 is 0 Å². The first kappa shape index (κ1) is 11.7. The molecule has 70 valence electrons. The van der Waals surface area contributed by atoms with E-state index in [1.54, 1.807) is 6.29 Å². The van der Waals surface area contributed by atoms with Gasteiger partial charge in [-0.2, -0.15) is 0 Å². The van der Waals surface area contributed by atoms with E-state index in [9.17, 15) is 19.2 Å². The molecule has 0 saturated heterocycles. The molecule has 0 bridgehead atoms. The van der Waals surface area contributed by atoms with E-state index >= 15 is 0 Å². The van der Waals surface area contributed by atoms with Crippen LogP contribution >= 0.6 is 0 Å². The van der Waals surface area contributed by atoms with Crippen LogP contribution in [0.4, 0.5) is 0 Å². The number of hydrogen-bond acceptors (Lipinski definition) is 4. The summed E-state index contributed by atoms with van der Waals surface area (Å²) in [7, 11) is 0. The van der Waals surface area contributed by atoms with Crippen LogP contribution in [-0.2, 0) is 19.2 Å². The van der Waals surface area contributed by atoms with Crippen molar-refractivity contribution in [3.05, 3.63) is 0 Å². The molecule has 4 nitrogen and oxygen atoms in total. The molecule has 0 aliphatic rings. The van der Waals surface area contributed by atoms with Gasteiger partial charge in [-0.05, 0) is 6.42 Å². The average molecular weight is 182 g/mol. The Morgan fingerprint density at radius 2 is 1.38 bits per heavy atom. The van der Waals surface area contributed by atoms with Gasteiger partial charge in [0.05, 0.1) is 0 Å². The van der Waals surface area contributed by atoms with Gasteiger partial charge in [-0.25, -0.2) is 0 Å². The van der Waals surface area contributed by atoms with E-state index in [2.05, 4.69) is 0 Å². The summed E-state index contributed by atoms with van der Waals surface area (Å²) in [6.07, 6.45) is 3.63. The van der Waals surface area contributed by atoms with Gasteiger partial charge in [-0.1, -0.05) is 0 Å². The lowest BCUT2D eigenvalue weighted by Gasteiger charge is -1.94. The molecule has 0 spiro atoms. The van der Waals surface area contributed by atoms with E-state index < -0.39 is 11.6 Å². The van der Waals surface area contributed by atoms with Gasteiger partial charge in [0.1, 0.15) is 0 Å². The fourth-order valence-electron chi connectivity index (χ4n) is 0.765. The molecule has 0 N–H and O–H groups in total. The molecule has 0 aliphatic heterocycles. The summed E-state index contributed by atoms with van der Waals surface area (Å²) in [5, 5.41) is 0. The predicted molar refractivity (Wildman–Crippen MR) is 44.5 cm³/mol. The smallest absolute Gasteiger partial charge is 0.198 e. The van der Waals surface area contributed by atoms with Crippen molar-refractivity contribution in [2.45, 2.75) is 32.1 Å². The topological polar surface area (TPSA) is 68.3 Å². The molecule has 0 fully saturated rings. The third-order valence-corrected chi connectivity index (χ3v) is 1.45. The lowest BCUT2D eigenvalue weighted by molar-refractivity contribution is -0.136. The second-order valence-corrected chi connectivity index (χ2v) is 2.49. The largest absolute Gasteiger partial charge is 0.291 e. The monoisotopic (exact) mass is 182 g/mol. The maximum absolute atomic E-state index is 10.9. The summed E-state index contributed by atoms with van der Waals surface area (Å²) in [6.45, 7) is 0. The zero-order chi connectivity index (χ0) is 10.1. The lowest BCUT2D eigenvalue weighted by Crippen LogP contribution is -2.13. The number of rotatable bonds is 8. The number of ketones is 2. The van der Waals surface area contributed by atoms with Crippen LogP contribution in [0.25, 0.3) is 0 Å². The van der Waals surface area contributed by atoms with Gasteiger partial charge >= 0.3 is 0 Å². The van der Waals surface area contributed by atoms with E-state index in [-0.39, 0.29) is 25.7 Å². The van der Waals surface area contributed by atoms with Crippen molar-refractivity contribution in [2.75, 3.05) is 0 Å². The van der Waals surface area contributed by atoms with Crippen molar-refractivity contribution < 1.29 is 19.2 Å². The normalized spacial score (nSPS) is 9.23. The second-order valence-electron chi connectivity index (χ2n) is 2.49. The third-order valence-electron chi connectivity index (χ3n) is 1.45. The molecule has 0 unspecified atom stereocenters. The first-order chi connectivity index (χ1) is 6.22. The summed E-state index contributed by atoms with van der Waals surface area (Å²) in [5.74, 6) is -1.08. The van der Waals surface area contributed by atoms with Crippen molar-refractivity contribution >= 4 is 24.1 Å². The van der Waals surface area contributed by atoms with Gasteiger partial charge in [0.25, 0.3) is 0 Å². The number of hydrogen-bond donors (Lipinski definition) is 0. The summed E-state index contributed by atoms with van der Waals surface area (Å²) >= 11 is 0. The molecule has 0 aromatic carbocycles. The lowest BCUT2D eigenvalue weighted by atomic mass is 10.1. The SMILES string of the molecule is O=[C]CCCC(=O)C(=O)CC[C]=O. The standard InChI is InChI=1S/C9H10O4/c10-6-2-1-4-8(12)9(13)5-3-7-11/h1-5H2. The maximum atomic E-state index is 10.9. The van der Waals surface area contributed by atoms with Crippen molar-refractivity contribution in [1.29, 1.82) is 0 Å². The third kappa shape index (κ3) is 5.90. The highest BCUT2D eigenvalue weighted by atomic mass is 16.2. The molecular weight excluding hydrogens is 172 g/mol. The summed E-state index contributed by atoms with van der Waals surface area (Å²) in [6, 6.07) is 0. The van der Waals surface area contributed by atoms with Gasteiger partial charge in [0.2, 0.25) is 0 Å². The van der Waals surface area contributed by atoms with E-state index in [0.717, 1.165) is 0 Å². The minimum Gasteiger partial charge on any atom is -0.291 e. The Kier molecular flexibility index (Phi) is 6.59. The quantitative estimate of drug-likeness (QED) is 0.399. The van der Waals surface area contributed by atoms with E-state index in [1.807, 2.05) is 0 Å². The molecule has 0 rings (SSSR count). The van der Waals surface area contributed by atoms with Gasteiger partial charge in [-0.15, -0.1) is 0 Å². The highest BCUT2D eigenvalue weighted by molar-refractivity contribution is 6.37. The molecule has 0 aliphatic carbocycles. The molecule has 0 amide bonds. The molecule has 13 heavy (non-hydrogen) atoms. The van der Waals surface area contributed by atoms with Crippen molar-refractivity contribution in [2.24, 2.45) is 0 Å². The first-order valence-electron chi connectivity index (χ1n) is 3.98. The van der Waals surface area contributed by atoms with E-state index in [1.165, 1.54) is 6.29 Å². The molecular formula is C9H10O4. The van der Waals surface area contributed by atoms with Crippen molar-refractivity contribution in [3.8, 4) is 0 Å². The number of Topliss-reactive ketones (excluding diaryl/α,β-unsaturated/α-hetero) is 2. The Morgan fingerprint density at radius 3 is 1.92 bits per heavy atom. The van der Waals surface area contributed by atoms with Crippen LogP contribution in [0.1, 0.15) is 32.1 Å². The van der Waals surface area contributed by atoms with Gasteiger partial charge in [0, 0.05) is 25.7 Å². The van der Waals surface area contributed by atoms with Crippen LogP contribution in [0.3, 0.4) is 0 Å². The van der Waals surface area contributed by atoms with E-state index in [0.29, 0.717) is 6.42 Å². The Labute approximate surface area is 76.3 Å². The van der Waals surface area contributed by atoms with Crippen LogP contribution < -0.4 is 0 Å². The highest BCUT2D eigenvalue weighted by Crippen LogP contribution is 1.98. The summed E-state index contributed by atoms with van der Waals surface area (Å²) in [4.78, 5) is 41.3. The molecule has 0 saturated carbocycles. The van der Waals surface area contributed by atoms with Crippen LogP contribution in [0.5, 0.6) is 0 Å². The molecule has 0 aromatic rings. The first-order valence-corrected chi connectivity index (χ1v) is 3.98. The summed E-state index contributed by atoms with van der Waals surface area (Å²) in [5.41, 5.74) is 0. The van der Waals surface area contributed by atoms with Gasteiger partial charge in [-0.3, -0.25) is 19.2 Å². The van der Waals surface area contributed by atoms with Crippen LogP contribution in [0.15, 0.2) is 0 Å².